The van der Waals surface area contributed by atoms with E-state index in [4.69, 9.17) is 10.5 Å². The highest BCUT2D eigenvalue weighted by Gasteiger charge is 2.12. The normalized spacial score (nSPS) is 11.9. The van der Waals surface area contributed by atoms with Crippen LogP contribution < -0.4 is 10.5 Å². The number of likely N-dealkylation sites (N-methyl/N-ethyl adjacent to an activating group) is 1. The topological polar surface area (TPSA) is 55.6 Å². The summed E-state index contributed by atoms with van der Waals surface area (Å²) < 4.78 is 5.53. The molecule has 1 amide bonds. The third kappa shape index (κ3) is 4.87. The second kappa shape index (κ2) is 6.91. The Kier molecular flexibility index (Phi) is 5.49. The highest BCUT2D eigenvalue weighted by atomic mass is 16.5. The van der Waals surface area contributed by atoms with E-state index < -0.39 is 6.04 Å². The number of hydrogen-bond acceptors (Lipinski definition) is 3. The zero-order valence-corrected chi connectivity index (χ0v) is 10.4. The van der Waals surface area contributed by atoms with E-state index in [0.717, 1.165) is 12.2 Å². The first-order valence-corrected chi connectivity index (χ1v) is 5.79. The minimum absolute atomic E-state index is 0.0373. The second-order valence-corrected chi connectivity index (χ2v) is 4.06. The predicted octanol–water partition coefficient (Wildman–Crippen LogP) is 1.26. The Morgan fingerprint density at radius 3 is 2.65 bits per heavy atom. The monoisotopic (exact) mass is 236 g/mol. The Morgan fingerprint density at radius 2 is 2.06 bits per heavy atom. The Bertz CT molecular complexity index is 339. The first-order chi connectivity index (χ1) is 8.11. The third-order valence-electron chi connectivity index (χ3n) is 2.42. The Hall–Kier alpha value is -1.55. The van der Waals surface area contributed by atoms with Gasteiger partial charge in [0.05, 0.1) is 12.6 Å². The zero-order chi connectivity index (χ0) is 12.7. The molecule has 1 unspecified atom stereocenters. The van der Waals surface area contributed by atoms with Crippen molar-refractivity contribution in [1.82, 2.24) is 4.90 Å². The summed E-state index contributed by atoms with van der Waals surface area (Å²) in [6, 6.07) is 9.20. The van der Waals surface area contributed by atoms with Crippen LogP contribution in [0.5, 0.6) is 5.75 Å². The molecule has 17 heavy (non-hydrogen) atoms. The van der Waals surface area contributed by atoms with Crippen LogP contribution in [0.2, 0.25) is 0 Å². The van der Waals surface area contributed by atoms with E-state index >= 15 is 0 Å². The molecule has 0 spiro atoms. The molecule has 4 heteroatoms. The summed E-state index contributed by atoms with van der Waals surface area (Å²) in [5.41, 5.74) is 5.51. The van der Waals surface area contributed by atoms with Gasteiger partial charge in [0.1, 0.15) is 5.75 Å². The maximum absolute atomic E-state index is 11.5. The smallest absolute Gasteiger partial charge is 0.238 e. The molecular formula is C13H20N2O2. The van der Waals surface area contributed by atoms with Gasteiger partial charge in [-0.1, -0.05) is 18.2 Å². The van der Waals surface area contributed by atoms with E-state index in [1.54, 1.807) is 18.9 Å². The lowest BCUT2D eigenvalue weighted by molar-refractivity contribution is -0.130. The van der Waals surface area contributed by atoms with Crippen molar-refractivity contribution >= 4 is 5.91 Å². The quantitative estimate of drug-likeness (QED) is 0.757. The van der Waals surface area contributed by atoms with Gasteiger partial charge >= 0.3 is 0 Å². The zero-order valence-electron chi connectivity index (χ0n) is 10.4. The number of carbonyl (C=O) groups is 1. The second-order valence-electron chi connectivity index (χ2n) is 4.06. The van der Waals surface area contributed by atoms with Crippen LogP contribution in [0.25, 0.3) is 0 Å². The number of carbonyl (C=O) groups excluding carboxylic acids is 1. The van der Waals surface area contributed by atoms with Gasteiger partial charge in [-0.15, -0.1) is 0 Å². The van der Waals surface area contributed by atoms with Gasteiger partial charge in [0.15, 0.2) is 0 Å². The van der Waals surface area contributed by atoms with Gasteiger partial charge < -0.3 is 15.4 Å². The standard InChI is InChI=1S/C13H20N2O2/c1-11(14)13(16)15(2)9-6-10-17-12-7-4-3-5-8-12/h3-5,7-8,11H,6,9-10,14H2,1-2H3. The number of nitrogens with two attached hydrogens (primary N) is 1. The van der Waals surface area contributed by atoms with Gasteiger partial charge in [-0.05, 0) is 25.5 Å². The summed E-state index contributed by atoms with van der Waals surface area (Å²) in [6.07, 6.45) is 0.795. The summed E-state index contributed by atoms with van der Waals surface area (Å²) >= 11 is 0. The minimum Gasteiger partial charge on any atom is -0.494 e. The van der Waals surface area contributed by atoms with Gasteiger partial charge in [0.25, 0.3) is 0 Å². The molecule has 0 bridgehead atoms. The molecule has 0 aliphatic heterocycles. The largest absolute Gasteiger partial charge is 0.494 e. The molecule has 1 rings (SSSR count). The van der Waals surface area contributed by atoms with Crippen LogP contribution in [-0.4, -0.2) is 37.0 Å². The van der Waals surface area contributed by atoms with Crippen molar-refractivity contribution in [2.45, 2.75) is 19.4 Å². The third-order valence-corrected chi connectivity index (χ3v) is 2.42. The summed E-state index contributed by atoms with van der Waals surface area (Å²) in [6.45, 7) is 2.95. The van der Waals surface area contributed by atoms with Gasteiger partial charge in [0.2, 0.25) is 5.91 Å². The molecular weight excluding hydrogens is 216 g/mol. The SMILES string of the molecule is CC(N)C(=O)N(C)CCCOc1ccccc1. The maximum atomic E-state index is 11.5. The molecule has 94 valence electrons. The van der Waals surface area contributed by atoms with Crippen molar-refractivity contribution < 1.29 is 9.53 Å². The first kappa shape index (κ1) is 13.5. The molecule has 0 fully saturated rings. The molecule has 1 atom stereocenters. The molecule has 0 aliphatic rings. The number of ether oxygens (including phenoxy) is 1. The number of hydrogen-bond donors (Lipinski definition) is 1. The molecule has 0 saturated carbocycles. The first-order valence-electron chi connectivity index (χ1n) is 5.79. The molecule has 1 aromatic carbocycles. The fourth-order valence-electron chi connectivity index (χ4n) is 1.47. The molecule has 4 nitrogen and oxygen atoms in total. The number of benzene rings is 1. The molecule has 1 aromatic rings. The van der Waals surface area contributed by atoms with E-state index in [1.807, 2.05) is 30.3 Å². The number of nitrogens with zero attached hydrogens (tertiary/aromatic N) is 1. The summed E-state index contributed by atoms with van der Waals surface area (Å²) in [7, 11) is 1.76. The highest BCUT2D eigenvalue weighted by molar-refractivity contribution is 5.80. The summed E-state index contributed by atoms with van der Waals surface area (Å²) in [4.78, 5) is 13.1. The fourth-order valence-corrected chi connectivity index (χ4v) is 1.47. The average Bonchev–Trinajstić information content (AvgIpc) is 2.34. The Morgan fingerprint density at radius 1 is 1.41 bits per heavy atom. The van der Waals surface area contributed by atoms with Crippen LogP contribution in [0.3, 0.4) is 0 Å². The van der Waals surface area contributed by atoms with Crippen LogP contribution in [-0.2, 0) is 4.79 Å². The van der Waals surface area contributed by atoms with Crippen LogP contribution in [0.4, 0.5) is 0 Å². The summed E-state index contributed by atoms with van der Waals surface area (Å²) in [5, 5.41) is 0. The van der Waals surface area contributed by atoms with E-state index in [2.05, 4.69) is 0 Å². The highest BCUT2D eigenvalue weighted by Crippen LogP contribution is 2.08. The molecule has 0 aromatic heterocycles. The number of amides is 1. The predicted molar refractivity (Wildman–Crippen MR) is 67.8 cm³/mol. The summed E-state index contributed by atoms with van der Waals surface area (Å²) in [5.74, 6) is 0.818. The molecule has 0 radical (unpaired) electrons. The molecule has 0 heterocycles. The Balaban J connectivity index is 2.18. The van der Waals surface area contributed by atoms with Gasteiger partial charge in [-0.3, -0.25) is 4.79 Å². The minimum atomic E-state index is -0.435. The van der Waals surface area contributed by atoms with E-state index in [0.29, 0.717) is 13.2 Å². The van der Waals surface area contributed by atoms with Crippen LogP contribution >= 0.6 is 0 Å². The maximum Gasteiger partial charge on any atom is 0.238 e. The lowest BCUT2D eigenvalue weighted by Crippen LogP contribution is -2.40. The molecule has 2 N–H and O–H groups in total. The van der Waals surface area contributed by atoms with Crippen molar-refractivity contribution in [2.24, 2.45) is 5.73 Å². The van der Waals surface area contributed by atoms with Crippen molar-refractivity contribution in [2.75, 3.05) is 20.2 Å². The molecule has 0 aliphatic carbocycles. The Labute approximate surface area is 102 Å². The van der Waals surface area contributed by atoms with Crippen LogP contribution in [0.15, 0.2) is 30.3 Å². The van der Waals surface area contributed by atoms with Crippen molar-refractivity contribution in [3.8, 4) is 5.75 Å². The van der Waals surface area contributed by atoms with Gasteiger partial charge in [-0.25, -0.2) is 0 Å². The van der Waals surface area contributed by atoms with Crippen LogP contribution in [0.1, 0.15) is 13.3 Å². The lowest BCUT2D eigenvalue weighted by atomic mass is 10.3. The van der Waals surface area contributed by atoms with Crippen molar-refractivity contribution in [1.29, 1.82) is 0 Å². The van der Waals surface area contributed by atoms with Gasteiger partial charge in [0, 0.05) is 13.6 Å². The van der Waals surface area contributed by atoms with Crippen molar-refractivity contribution in [3.63, 3.8) is 0 Å². The van der Waals surface area contributed by atoms with E-state index in [9.17, 15) is 4.79 Å². The molecule has 0 saturated heterocycles. The number of para-hydroxylation sites is 1. The average molecular weight is 236 g/mol. The van der Waals surface area contributed by atoms with E-state index in [-0.39, 0.29) is 5.91 Å². The fraction of sp³-hybridized carbons (Fsp3) is 0.462. The van der Waals surface area contributed by atoms with Gasteiger partial charge in [-0.2, -0.15) is 0 Å². The van der Waals surface area contributed by atoms with Crippen LogP contribution in [0, 0.1) is 0 Å². The lowest BCUT2D eigenvalue weighted by Gasteiger charge is -2.19. The van der Waals surface area contributed by atoms with E-state index in [1.165, 1.54) is 0 Å². The van der Waals surface area contributed by atoms with Crippen molar-refractivity contribution in [3.05, 3.63) is 30.3 Å². The number of rotatable bonds is 6.